The topological polar surface area (TPSA) is 51.6 Å². The van der Waals surface area contributed by atoms with Gasteiger partial charge in [-0.25, -0.2) is 15.0 Å². The Morgan fingerprint density at radius 2 is 1.67 bits per heavy atom. The molecule has 0 spiro atoms. The number of halogens is 1. The lowest BCUT2D eigenvalue weighted by Crippen LogP contribution is -1.99. The second-order valence-electron chi connectivity index (χ2n) is 4.19. The molecule has 0 atom stereocenters. The Morgan fingerprint density at radius 1 is 0.905 bits per heavy atom. The van der Waals surface area contributed by atoms with Gasteiger partial charge in [0.15, 0.2) is 16.8 Å². The number of aromatic nitrogens is 4. The predicted molar refractivity (Wildman–Crippen MR) is 85.3 cm³/mol. The molecule has 2 aromatic heterocycles. The molecule has 0 aliphatic rings. The maximum Gasteiger partial charge on any atom is 0.191 e. The maximum absolute atomic E-state index is 5.92. The van der Waals surface area contributed by atoms with Crippen molar-refractivity contribution in [1.29, 1.82) is 0 Å². The molecule has 21 heavy (non-hydrogen) atoms. The summed E-state index contributed by atoms with van der Waals surface area (Å²) in [6, 6.07) is 13.1. The third-order valence-corrected chi connectivity index (χ3v) is 3.59. The summed E-state index contributed by atoms with van der Waals surface area (Å²) >= 11 is 7.39. The van der Waals surface area contributed by atoms with Gasteiger partial charge in [0.1, 0.15) is 5.69 Å². The number of pyridine rings is 1. The van der Waals surface area contributed by atoms with Gasteiger partial charge in [-0.15, -0.1) is 0 Å². The van der Waals surface area contributed by atoms with Crippen LogP contribution < -0.4 is 0 Å². The molecule has 0 bridgehead atoms. The highest BCUT2D eigenvalue weighted by Gasteiger charge is 2.10. The van der Waals surface area contributed by atoms with Crippen LogP contribution in [0.15, 0.2) is 53.8 Å². The van der Waals surface area contributed by atoms with Crippen LogP contribution in [-0.2, 0) is 0 Å². The average molecular weight is 315 g/mol. The lowest BCUT2D eigenvalue weighted by atomic mass is 10.2. The summed E-state index contributed by atoms with van der Waals surface area (Å²) in [4.78, 5) is 17.7. The minimum absolute atomic E-state index is 0.569. The van der Waals surface area contributed by atoms with Gasteiger partial charge in [-0.1, -0.05) is 29.4 Å². The van der Waals surface area contributed by atoms with Gasteiger partial charge < -0.3 is 0 Å². The quantitative estimate of drug-likeness (QED) is 0.684. The van der Waals surface area contributed by atoms with Crippen molar-refractivity contribution >= 4 is 23.4 Å². The molecule has 0 saturated heterocycles. The maximum atomic E-state index is 5.92. The normalized spacial score (nSPS) is 10.6. The average Bonchev–Trinajstić information content (AvgIpc) is 2.56. The van der Waals surface area contributed by atoms with Gasteiger partial charge in [0.25, 0.3) is 0 Å². The van der Waals surface area contributed by atoms with E-state index in [9.17, 15) is 0 Å². The van der Waals surface area contributed by atoms with E-state index in [0.717, 1.165) is 11.3 Å². The summed E-state index contributed by atoms with van der Waals surface area (Å²) in [6.07, 6.45) is 3.66. The Labute approximate surface area is 131 Å². The first kappa shape index (κ1) is 14.0. The van der Waals surface area contributed by atoms with E-state index < -0.39 is 0 Å². The van der Waals surface area contributed by atoms with Crippen molar-refractivity contribution < 1.29 is 0 Å². The van der Waals surface area contributed by atoms with Crippen molar-refractivity contribution in [3.63, 3.8) is 0 Å². The van der Waals surface area contributed by atoms with Gasteiger partial charge in [0, 0.05) is 16.8 Å². The summed E-state index contributed by atoms with van der Waals surface area (Å²) in [5.74, 6) is 1.19. The highest BCUT2D eigenvalue weighted by atomic mass is 35.5. The zero-order valence-corrected chi connectivity index (χ0v) is 12.8. The smallest absolute Gasteiger partial charge is 0.191 e. The molecule has 0 N–H and O–H groups in total. The SMILES string of the molecule is CSc1nc(-c2ccc(Cl)cc2)nc(-c2ccccn2)n1. The molecule has 1 aromatic carbocycles. The summed E-state index contributed by atoms with van der Waals surface area (Å²) in [6.45, 7) is 0. The number of nitrogens with zero attached hydrogens (tertiary/aromatic N) is 4. The molecule has 3 aromatic rings. The van der Waals surface area contributed by atoms with Gasteiger partial charge in [-0.3, -0.25) is 4.98 Å². The monoisotopic (exact) mass is 314 g/mol. The number of thioether (sulfide) groups is 1. The van der Waals surface area contributed by atoms with Crippen LogP contribution in [-0.4, -0.2) is 26.2 Å². The lowest BCUT2D eigenvalue weighted by Gasteiger charge is -2.05. The number of benzene rings is 1. The zero-order valence-electron chi connectivity index (χ0n) is 11.2. The zero-order chi connectivity index (χ0) is 14.7. The molecule has 0 saturated carbocycles. The molecule has 0 radical (unpaired) electrons. The Hall–Kier alpha value is -1.98. The molecule has 0 amide bonds. The van der Waals surface area contributed by atoms with Crippen LogP contribution in [0.4, 0.5) is 0 Å². The van der Waals surface area contributed by atoms with E-state index in [1.807, 2.05) is 48.7 Å². The Bertz CT molecular complexity index is 747. The van der Waals surface area contributed by atoms with Crippen molar-refractivity contribution in [3.8, 4) is 22.9 Å². The molecule has 2 heterocycles. The Morgan fingerprint density at radius 3 is 2.33 bits per heavy atom. The third-order valence-electron chi connectivity index (χ3n) is 2.79. The fraction of sp³-hybridized carbons (Fsp3) is 0.0667. The Kier molecular flexibility index (Phi) is 4.13. The first-order valence-electron chi connectivity index (χ1n) is 6.23. The van der Waals surface area contributed by atoms with Crippen molar-refractivity contribution in [2.45, 2.75) is 5.16 Å². The first-order chi connectivity index (χ1) is 10.3. The minimum atomic E-state index is 0.569. The number of hydrogen-bond acceptors (Lipinski definition) is 5. The minimum Gasteiger partial charge on any atom is -0.253 e. The first-order valence-corrected chi connectivity index (χ1v) is 7.84. The largest absolute Gasteiger partial charge is 0.253 e. The van der Waals surface area contributed by atoms with E-state index in [-0.39, 0.29) is 0 Å². The fourth-order valence-electron chi connectivity index (χ4n) is 1.79. The summed E-state index contributed by atoms with van der Waals surface area (Å²) in [7, 11) is 0. The number of rotatable bonds is 3. The van der Waals surface area contributed by atoms with E-state index >= 15 is 0 Å². The van der Waals surface area contributed by atoms with Crippen LogP contribution in [0, 0.1) is 0 Å². The molecule has 6 heteroatoms. The highest BCUT2D eigenvalue weighted by molar-refractivity contribution is 7.98. The van der Waals surface area contributed by atoms with E-state index in [2.05, 4.69) is 19.9 Å². The molecule has 3 rings (SSSR count). The van der Waals surface area contributed by atoms with Gasteiger partial charge >= 0.3 is 0 Å². The van der Waals surface area contributed by atoms with E-state index in [0.29, 0.717) is 21.8 Å². The molecule has 0 unspecified atom stereocenters. The number of hydrogen-bond donors (Lipinski definition) is 0. The second-order valence-corrected chi connectivity index (χ2v) is 5.40. The molecule has 0 aliphatic carbocycles. The van der Waals surface area contributed by atoms with Crippen molar-refractivity contribution in [1.82, 2.24) is 19.9 Å². The van der Waals surface area contributed by atoms with Crippen LogP contribution in [0.2, 0.25) is 5.02 Å². The van der Waals surface area contributed by atoms with Crippen molar-refractivity contribution in [2.75, 3.05) is 6.26 Å². The van der Waals surface area contributed by atoms with E-state index in [1.165, 1.54) is 11.8 Å². The third kappa shape index (κ3) is 3.20. The Balaban J connectivity index is 2.11. The summed E-state index contributed by atoms with van der Waals surface area (Å²) in [5.41, 5.74) is 1.62. The van der Waals surface area contributed by atoms with Gasteiger partial charge in [0.05, 0.1) is 0 Å². The lowest BCUT2D eigenvalue weighted by molar-refractivity contribution is 0.917. The molecule has 4 nitrogen and oxygen atoms in total. The predicted octanol–water partition coefficient (Wildman–Crippen LogP) is 3.98. The summed E-state index contributed by atoms with van der Waals surface area (Å²) < 4.78 is 0. The van der Waals surface area contributed by atoms with Crippen LogP contribution in [0.3, 0.4) is 0 Å². The van der Waals surface area contributed by atoms with Gasteiger partial charge in [-0.05, 0) is 42.7 Å². The molecular formula is C15H11ClN4S. The van der Waals surface area contributed by atoms with Gasteiger partial charge in [0.2, 0.25) is 0 Å². The van der Waals surface area contributed by atoms with E-state index in [1.54, 1.807) is 6.20 Å². The second kappa shape index (κ2) is 6.20. The van der Waals surface area contributed by atoms with Gasteiger partial charge in [-0.2, -0.15) is 0 Å². The van der Waals surface area contributed by atoms with Crippen LogP contribution >= 0.6 is 23.4 Å². The van der Waals surface area contributed by atoms with Crippen molar-refractivity contribution in [2.24, 2.45) is 0 Å². The molecule has 104 valence electrons. The van der Waals surface area contributed by atoms with Crippen LogP contribution in [0.25, 0.3) is 22.9 Å². The van der Waals surface area contributed by atoms with E-state index in [4.69, 9.17) is 11.6 Å². The highest BCUT2D eigenvalue weighted by Crippen LogP contribution is 2.23. The molecular weight excluding hydrogens is 304 g/mol. The fourth-order valence-corrected chi connectivity index (χ4v) is 2.27. The summed E-state index contributed by atoms with van der Waals surface area (Å²) in [5, 5.41) is 1.35. The van der Waals surface area contributed by atoms with Crippen LogP contribution in [0.5, 0.6) is 0 Å². The van der Waals surface area contributed by atoms with Crippen molar-refractivity contribution in [3.05, 3.63) is 53.7 Å². The molecule has 0 fully saturated rings. The molecule has 0 aliphatic heterocycles. The van der Waals surface area contributed by atoms with Crippen LogP contribution in [0.1, 0.15) is 0 Å². The standard InChI is InChI=1S/C15H11ClN4S/c1-21-15-19-13(10-5-7-11(16)8-6-10)18-14(20-15)12-4-2-3-9-17-12/h2-9H,1H3.